The SMILES string of the molecule is Nc1cnn(-c2cc(F)c(F)cc2F)c1C1CC1. The summed E-state index contributed by atoms with van der Waals surface area (Å²) in [5.41, 5.74) is 6.76. The second-order valence-electron chi connectivity index (χ2n) is 4.39. The number of hydrogen-bond acceptors (Lipinski definition) is 2. The highest BCUT2D eigenvalue weighted by molar-refractivity contribution is 5.49. The van der Waals surface area contributed by atoms with Crippen molar-refractivity contribution in [3.63, 3.8) is 0 Å². The van der Waals surface area contributed by atoms with Crippen molar-refractivity contribution in [1.29, 1.82) is 0 Å². The van der Waals surface area contributed by atoms with Gasteiger partial charge in [0.1, 0.15) is 5.69 Å². The minimum absolute atomic E-state index is 0.118. The van der Waals surface area contributed by atoms with Crippen molar-refractivity contribution < 1.29 is 13.2 Å². The van der Waals surface area contributed by atoms with Gasteiger partial charge in [0.05, 0.1) is 17.6 Å². The van der Waals surface area contributed by atoms with Crippen LogP contribution in [0.4, 0.5) is 18.9 Å². The van der Waals surface area contributed by atoms with Gasteiger partial charge in [0, 0.05) is 18.1 Å². The molecule has 1 heterocycles. The third-order valence-electron chi connectivity index (χ3n) is 3.02. The number of aromatic nitrogens is 2. The molecule has 3 rings (SSSR count). The van der Waals surface area contributed by atoms with Crippen LogP contribution in [0, 0.1) is 17.5 Å². The van der Waals surface area contributed by atoms with E-state index in [-0.39, 0.29) is 11.6 Å². The third kappa shape index (κ3) is 1.64. The van der Waals surface area contributed by atoms with Crippen LogP contribution in [0.1, 0.15) is 24.5 Å². The maximum absolute atomic E-state index is 13.7. The summed E-state index contributed by atoms with van der Waals surface area (Å²) in [6.07, 6.45) is 3.29. The number of halogens is 3. The lowest BCUT2D eigenvalue weighted by molar-refractivity contribution is 0.491. The van der Waals surface area contributed by atoms with Gasteiger partial charge in [0.2, 0.25) is 0 Å². The molecule has 3 nitrogen and oxygen atoms in total. The summed E-state index contributed by atoms with van der Waals surface area (Å²) in [6.45, 7) is 0. The normalized spacial score (nSPS) is 15.1. The van der Waals surface area contributed by atoms with Crippen LogP contribution in [-0.4, -0.2) is 9.78 Å². The average molecular weight is 253 g/mol. The molecule has 1 aromatic carbocycles. The number of nitrogens with two attached hydrogens (primary N) is 1. The molecule has 18 heavy (non-hydrogen) atoms. The Balaban J connectivity index is 2.18. The Labute approximate surface area is 101 Å². The smallest absolute Gasteiger partial charge is 0.161 e. The zero-order chi connectivity index (χ0) is 12.9. The van der Waals surface area contributed by atoms with E-state index in [1.165, 1.54) is 10.9 Å². The first-order valence-corrected chi connectivity index (χ1v) is 5.56. The fraction of sp³-hybridized carbons (Fsp3) is 0.250. The van der Waals surface area contributed by atoms with Gasteiger partial charge >= 0.3 is 0 Å². The molecule has 0 amide bonds. The minimum Gasteiger partial charge on any atom is -0.396 e. The lowest BCUT2D eigenvalue weighted by atomic mass is 10.2. The largest absolute Gasteiger partial charge is 0.396 e. The van der Waals surface area contributed by atoms with Gasteiger partial charge in [-0.1, -0.05) is 0 Å². The van der Waals surface area contributed by atoms with Gasteiger partial charge in [-0.25, -0.2) is 17.9 Å². The Bertz CT molecular complexity index is 617. The van der Waals surface area contributed by atoms with E-state index in [4.69, 9.17) is 5.73 Å². The van der Waals surface area contributed by atoms with Gasteiger partial charge < -0.3 is 5.73 Å². The van der Waals surface area contributed by atoms with Gasteiger partial charge in [0.15, 0.2) is 17.5 Å². The van der Waals surface area contributed by atoms with Crippen LogP contribution in [0.2, 0.25) is 0 Å². The monoisotopic (exact) mass is 253 g/mol. The number of benzene rings is 1. The molecule has 0 aliphatic heterocycles. The molecule has 0 atom stereocenters. The van der Waals surface area contributed by atoms with Gasteiger partial charge in [-0.3, -0.25) is 0 Å². The molecular formula is C12H10F3N3. The van der Waals surface area contributed by atoms with Gasteiger partial charge in [-0.2, -0.15) is 5.10 Å². The Morgan fingerprint density at radius 1 is 1.11 bits per heavy atom. The van der Waals surface area contributed by atoms with E-state index in [1.807, 2.05) is 0 Å². The van der Waals surface area contributed by atoms with Crippen molar-refractivity contribution in [1.82, 2.24) is 9.78 Å². The molecule has 0 spiro atoms. The molecule has 2 aromatic rings. The van der Waals surface area contributed by atoms with Crippen molar-refractivity contribution in [2.75, 3.05) is 5.73 Å². The molecule has 6 heteroatoms. The fourth-order valence-electron chi connectivity index (χ4n) is 2.00. The molecule has 0 radical (unpaired) electrons. The van der Waals surface area contributed by atoms with Crippen molar-refractivity contribution in [3.05, 3.63) is 41.5 Å². The molecule has 0 unspecified atom stereocenters. The standard InChI is InChI=1S/C12H10F3N3/c13-7-3-9(15)11(4-8(7)14)18-12(6-1-2-6)10(16)5-17-18/h3-6H,1-2,16H2. The Hall–Kier alpha value is -1.98. The summed E-state index contributed by atoms with van der Waals surface area (Å²) in [7, 11) is 0. The highest BCUT2D eigenvalue weighted by Gasteiger charge is 2.31. The highest BCUT2D eigenvalue weighted by Crippen LogP contribution is 2.43. The van der Waals surface area contributed by atoms with Gasteiger partial charge in [-0.05, 0) is 12.8 Å². The van der Waals surface area contributed by atoms with Crippen LogP contribution < -0.4 is 5.73 Å². The first kappa shape index (κ1) is 11.1. The molecule has 1 aliphatic carbocycles. The second kappa shape index (κ2) is 3.76. The number of anilines is 1. The van der Waals surface area contributed by atoms with E-state index >= 15 is 0 Å². The number of nitrogens with zero attached hydrogens (tertiary/aromatic N) is 2. The summed E-state index contributed by atoms with van der Waals surface area (Å²) in [5.74, 6) is -2.97. The molecule has 1 fully saturated rings. The summed E-state index contributed by atoms with van der Waals surface area (Å²) >= 11 is 0. The van der Waals surface area contributed by atoms with Crippen molar-refractivity contribution in [2.24, 2.45) is 0 Å². The minimum atomic E-state index is -1.22. The summed E-state index contributed by atoms with van der Waals surface area (Å²) in [4.78, 5) is 0. The zero-order valence-corrected chi connectivity index (χ0v) is 9.33. The summed E-state index contributed by atoms with van der Waals surface area (Å²) in [6, 6.07) is 1.31. The lowest BCUT2D eigenvalue weighted by Gasteiger charge is -2.09. The van der Waals surface area contributed by atoms with Gasteiger partial charge in [0.25, 0.3) is 0 Å². The van der Waals surface area contributed by atoms with E-state index in [0.717, 1.165) is 18.9 Å². The lowest BCUT2D eigenvalue weighted by Crippen LogP contribution is -2.06. The maximum Gasteiger partial charge on any atom is 0.161 e. The number of hydrogen-bond donors (Lipinski definition) is 1. The van der Waals surface area contributed by atoms with Crippen LogP contribution in [0.5, 0.6) is 0 Å². The van der Waals surface area contributed by atoms with E-state index in [9.17, 15) is 13.2 Å². The second-order valence-corrected chi connectivity index (χ2v) is 4.39. The topological polar surface area (TPSA) is 43.8 Å². The Kier molecular flexibility index (Phi) is 2.33. The third-order valence-corrected chi connectivity index (χ3v) is 3.02. The molecule has 0 bridgehead atoms. The van der Waals surface area contributed by atoms with Crippen LogP contribution in [0.3, 0.4) is 0 Å². The summed E-state index contributed by atoms with van der Waals surface area (Å²) < 4.78 is 41.0. The molecular weight excluding hydrogens is 243 g/mol. The first-order chi connectivity index (χ1) is 8.58. The van der Waals surface area contributed by atoms with E-state index in [1.54, 1.807) is 0 Å². The van der Waals surface area contributed by atoms with E-state index in [0.29, 0.717) is 17.4 Å². The average Bonchev–Trinajstić information content (AvgIpc) is 3.08. The van der Waals surface area contributed by atoms with E-state index in [2.05, 4.69) is 5.10 Å². The predicted molar refractivity (Wildman–Crippen MR) is 59.8 cm³/mol. The van der Waals surface area contributed by atoms with Crippen LogP contribution in [0.15, 0.2) is 18.3 Å². The molecule has 0 saturated heterocycles. The van der Waals surface area contributed by atoms with Crippen LogP contribution >= 0.6 is 0 Å². The highest BCUT2D eigenvalue weighted by atomic mass is 19.2. The number of rotatable bonds is 2. The van der Waals surface area contributed by atoms with Crippen molar-refractivity contribution in [3.8, 4) is 5.69 Å². The molecule has 1 aliphatic rings. The first-order valence-electron chi connectivity index (χ1n) is 5.56. The van der Waals surface area contributed by atoms with E-state index < -0.39 is 17.5 Å². The Morgan fingerprint density at radius 2 is 1.78 bits per heavy atom. The molecule has 94 valence electrons. The Morgan fingerprint density at radius 3 is 2.44 bits per heavy atom. The van der Waals surface area contributed by atoms with Crippen LogP contribution in [0.25, 0.3) is 5.69 Å². The summed E-state index contributed by atoms with van der Waals surface area (Å²) in [5, 5.41) is 3.94. The molecule has 1 aromatic heterocycles. The van der Waals surface area contributed by atoms with Crippen molar-refractivity contribution >= 4 is 5.69 Å². The molecule has 2 N–H and O–H groups in total. The maximum atomic E-state index is 13.7. The fourth-order valence-corrected chi connectivity index (χ4v) is 2.00. The predicted octanol–water partition coefficient (Wildman–Crippen LogP) is 2.75. The van der Waals surface area contributed by atoms with Gasteiger partial charge in [-0.15, -0.1) is 0 Å². The quantitative estimate of drug-likeness (QED) is 0.836. The number of nitrogen functional groups attached to an aromatic ring is 1. The zero-order valence-electron chi connectivity index (χ0n) is 9.33. The van der Waals surface area contributed by atoms with Crippen LogP contribution in [-0.2, 0) is 0 Å². The van der Waals surface area contributed by atoms with Crippen molar-refractivity contribution in [2.45, 2.75) is 18.8 Å². The molecule has 1 saturated carbocycles.